The van der Waals surface area contributed by atoms with Crippen LogP contribution in [0.3, 0.4) is 0 Å². The van der Waals surface area contributed by atoms with Crippen molar-refractivity contribution in [3.63, 3.8) is 0 Å². The highest BCUT2D eigenvalue weighted by Crippen LogP contribution is 2.35. The van der Waals surface area contributed by atoms with E-state index in [-0.39, 0.29) is 11.4 Å². The van der Waals surface area contributed by atoms with Gasteiger partial charge in [-0.15, -0.1) is 11.8 Å². The van der Waals surface area contributed by atoms with Gasteiger partial charge in [-0.2, -0.15) is 0 Å². The number of urea groups is 1. The smallest absolute Gasteiger partial charge is 0.327 e. The van der Waals surface area contributed by atoms with Crippen molar-refractivity contribution in [1.29, 1.82) is 0 Å². The molecule has 20 heavy (non-hydrogen) atoms. The summed E-state index contributed by atoms with van der Waals surface area (Å²) < 4.78 is 0. The van der Waals surface area contributed by atoms with Gasteiger partial charge in [0.2, 0.25) is 0 Å². The van der Waals surface area contributed by atoms with Crippen molar-refractivity contribution >= 4 is 23.8 Å². The van der Waals surface area contributed by atoms with Crippen LogP contribution in [0.2, 0.25) is 0 Å². The summed E-state index contributed by atoms with van der Waals surface area (Å²) in [6.45, 7) is 1.23. The van der Waals surface area contributed by atoms with Gasteiger partial charge in [0.15, 0.2) is 0 Å². The Bertz CT molecular complexity index is 522. The van der Waals surface area contributed by atoms with Gasteiger partial charge in [0.25, 0.3) is 0 Å². The summed E-state index contributed by atoms with van der Waals surface area (Å²) in [7, 11) is 0. The number of aliphatic carboxylic acids is 1. The fraction of sp³-hybridized carbons (Fsp3) is 0.429. The number of thioether (sulfide) groups is 1. The molecule has 0 spiro atoms. The molecular weight excluding hydrogens is 276 g/mol. The maximum absolute atomic E-state index is 12.5. The van der Waals surface area contributed by atoms with E-state index in [9.17, 15) is 14.7 Å². The topological polar surface area (TPSA) is 60.9 Å². The van der Waals surface area contributed by atoms with Gasteiger partial charge in [0, 0.05) is 18.8 Å². The van der Waals surface area contributed by atoms with Crippen LogP contribution < -0.4 is 0 Å². The van der Waals surface area contributed by atoms with Gasteiger partial charge in [-0.25, -0.2) is 9.59 Å². The number of hydrogen-bond donors (Lipinski definition) is 1. The number of carboxylic acid groups (broad SMARTS) is 1. The third kappa shape index (κ3) is 2.35. The van der Waals surface area contributed by atoms with Crippen LogP contribution in [-0.2, 0) is 11.3 Å². The summed E-state index contributed by atoms with van der Waals surface area (Å²) in [5.74, 6) is -0.417. The predicted molar refractivity (Wildman–Crippen MR) is 76.4 cm³/mol. The molecule has 1 aromatic rings. The summed E-state index contributed by atoms with van der Waals surface area (Å²) in [6, 6.07) is 8.95. The third-order valence-corrected chi connectivity index (χ3v) is 5.09. The Balaban J connectivity index is 1.75. The molecule has 2 aliphatic heterocycles. The third-order valence-electron chi connectivity index (χ3n) is 3.73. The lowest BCUT2D eigenvalue weighted by Crippen LogP contribution is -2.55. The van der Waals surface area contributed by atoms with Crippen LogP contribution in [0.5, 0.6) is 0 Å². The lowest BCUT2D eigenvalue weighted by Gasteiger charge is -2.38. The van der Waals surface area contributed by atoms with Crippen LogP contribution in [0.25, 0.3) is 0 Å². The van der Waals surface area contributed by atoms with Crippen molar-refractivity contribution in [2.45, 2.75) is 24.4 Å². The highest BCUT2D eigenvalue weighted by Gasteiger charge is 2.45. The SMILES string of the molecule is O=C(O)[C@@H]1CS[C@H]2CCN(Cc3ccccc3)C(=O)N21. The van der Waals surface area contributed by atoms with E-state index in [1.54, 1.807) is 21.6 Å². The summed E-state index contributed by atoms with van der Waals surface area (Å²) in [5.41, 5.74) is 1.07. The molecule has 2 heterocycles. The molecule has 1 N–H and O–H groups in total. The van der Waals surface area contributed by atoms with E-state index in [0.717, 1.165) is 12.0 Å². The van der Waals surface area contributed by atoms with Crippen molar-refractivity contribution < 1.29 is 14.7 Å². The monoisotopic (exact) mass is 292 g/mol. The number of nitrogens with zero attached hydrogens (tertiary/aromatic N) is 2. The van der Waals surface area contributed by atoms with E-state index in [4.69, 9.17) is 0 Å². The number of carbonyl (C=O) groups is 2. The Morgan fingerprint density at radius 1 is 1.35 bits per heavy atom. The molecule has 5 nitrogen and oxygen atoms in total. The highest BCUT2D eigenvalue weighted by molar-refractivity contribution is 8.00. The summed E-state index contributed by atoms with van der Waals surface area (Å²) in [5, 5.41) is 9.24. The van der Waals surface area contributed by atoms with E-state index in [2.05, 4.69) is 0 Å². The second kappa shape index (κ2) is 5.36. The molecular formula is C14H16N2O3S. The predicted octanol–water partition coefficient (Wildman–Crippen LogP) is 1.84. The van der Waals surface area contributed by atoms with Crippen LogP contribution in [0, 0.1) is 0 Å². The van der Waals surface area contributed by atoms with E-state index >= 15 is 0 Å². The Hall–Kier alpha value is -1.69. The molecule has 1 aromatic carbocycles. The normalized spacial score (nSPS) is 25.7. The zero-order valence-corrected chi connectivity index (χ0v) is 11.8. The van der Waals surface area contributed by atoms with Gasteiger partial charge in [0.05, 0.1) is 5.37 Å². The molecule has 106 valence electrons. The summed E-state index contributed by atoms with van der Waals surface area (Å²) in [4.78, 5) is 27.0. The second-order valence-corrected chi connectivity index (χ2v) is 6.24. The summed E-state index contributed by atoms with van der Waals surface area (Å²) >= 11 is 1.57. The van der Waals surface area contributed by atoms with Crippen LogP contribution >= 0.6 is 11.8 Å². The number of carboxylic acids is 1. The number of rotatable bonds is 3. The molecule has 2 aliphatic rings. The van der Waals surface area contributed by atoms with Crippen molar-refractivity contribution in [2.75, 3.05) is 12.3 Å². The van der Waals surface area contributed by atoms with Crippen molar-refractivity contribution in [3.05, 3.63) is 35.9 Å². The second-order valence-electron chi connectivity index (χ2n) is 5.03. The van der Waals surface area contributed by atoms with Crippen molar-refractivity contribution in [3.8, 4) is 0 Å². The molecule has 0 radical (unpaired) electrons. The maximum Gasteiger partial charge on any atom is 0.327 e. The molecule has 0 aliphatic carbocycles. The molecule has 2 fully saturated rings. The molecule has 2 amide bonds. The first-order valence-corrected chi connectivity index (χ1v) is 7.67. The lowest BCUT2D eigenvalue weighted by molar-refractivity contribution is -0.141. The average molecular weight is 292 g/mol. The van der Waals surface area contributed by atoms with Crippen molar-refractivity contribution in [1.82, 2.24) is 9.80 Å². The van der Waals surface area contributed by atoms with Gasteiger partial charge in [-0.3, -0.25) is 4.90 Å². The lowest BCUT2D eigenvalue weighted by atomic mass is 10.1. The zero-order chi connectivity index (χ0) is 14.1. The number of amides is 2. The largest absolute Gasteiger partial charge is 0.480 e. The Labute approximate surface area is 121 Å². The minimum atomic E-state index is -0.907. The van der Waals surface area contributed by atoms with Crippen LogP contribution in [0.15, 0.2) is 30.3 Å². The van der Waals surface area contributed by atoms with E-state index in [1.807, 2.05) is 30.3 Å². The average Bonchev–Trinajstić information content (AvgIpc) is 2.88. The minimum Gasteiger partial charge on any atom is -0.480 e. The first-order chi connectivity index (χ1) is 9.66. The first-order valence-electron chi connectivity index (χ1n) is 6.62. The van der Waals surface area contributed by atoms with Crippen LogP contribution in [0.1, 0.15) is 12.0 Å². The molecule has 3 rings (SSSR count). The first kappa shape index (κ1) is 13.3. The molecule has 0 unspecified atom stereocenters. The number of benzene rings is 1. The highest BCUT2D eigenvalue weighted by atomic mass is 32.2. The van der Waals surface area contributed by atoms with E-state index in [0.29, 0.717) is 18.8 Å². The molecule has 0 aromatic heterocycles. The fourth-order valence-electron chi connectivity index (χ4n) is 2.71. The minimum absolute atomic E-state index is 0.0237. The molecule has 2 saturated heterocycles. The standard InChI is InChI=1S/C14H16N2O3S/c17-13(18)11-9-20-12-6-7-15(14(19)16(11)12)8-10-4-2-1-3-5-10/h1-5,11-12H,6-9H2,(H,17,18)/t11-,12-/m0/s1. The quantitative estimate of drug-likeness (QED) is 0.923. The van der Waals surface area contributed by atoms with E-state index in [1.165, 1.54) is 0 Å². The summed E-state index contributed by atoms with van der Waals surface area (Å²) in [6.07, 6.45) is 0.826. The number of carbonyl (C=O) groups excluding carboxylic acids is 1. The Kier molecular flexibility index (Phi) is 3.56. The Morgan fingerprint density at radius 2 is 2.10 bits per heavy atom. The van der Waals surface area contributed by atoms with Gasteiger partial charge < -0.3 is 10.0 Å². The number of fused-ring (bicyclic) bond motifs is 1. The molecule has 2 atom stereocenters. The van der Waals surface area contributed by atoms with Gasteiger partial charge >= 0.3 is 12.0 Å². The fourth-order valence-corrected chi connectivity index (χ4v) is 4.09. The molecule has 0 bridgehead atoms. The maximum atomic E-state index is 12.5. The van der Waals surface area contributed by atoms with Gasteiger partial charge in [-0.1, -0.05) is 30.3 Å². The zero-order valence-electron chi connectivity index (χ0n) is 10.9. The van der Waals surface area contributed by atoms with Crippen LogP contribution in [0.4, 0.5) is 4.79 Å². The molecule has 6 heteroatoms. The van der Waals surface area contributed by atoms with Crippen molar-refractivity contribution in [2.24, 2.45) is 0 Å². The Morgan fingerprint density at radius 3 is 2.80 bits per heavy atom. The van der Waals surface area contributed by atoms with E-state index < -0.39 is 12.0 Å². The molecule has 0 saturated carbocycles. The van der Waals surface area contributed by atoms with Gasteiger partial charge in [0.1, 0.15) is 6.04 Å². The number of hydrogen-bond acceptors (Lipinski definition) is 3. The van der Waals surface area contributed by atoms with Crippen LogP contribution in [-0.4, -0.2) is 50.6 Å². The van der Waals surface area contributed by atoms with Gasteiger partial charge in [-0.05, 0) is 12.0 Å².